The second kappa shape index (κ2) is 8.16. The number of amidine groups is 1. The minimum atomic E-state index is -0.484. The predicted octanol–water partition coefficient (Wildman–Crippen LogP) is 2.40. The molecule has 0 radical (unpaired) electrons. The van der Waals surface area contributed by atoms with Gasteiger partial charge in [0.15, 0.2) is 10.9 Å². The standard InChI is InChI=1S/C12H16N4O3S/c1-3-6-19-11-5-4-9(7-10(11)16(17)18)8-14-15-12(13)20-2/h4-5,7-8H,3,6H2,1-2H3,(H2,13,15)/b14-8-. The van der Waals surface area contributed by atoms with Gasteiger partial charge in [0.2, 0.25) is 0 Å². The van der Waals surface area contributed by atoms with Gasteiger partial charge in [-0.15, -0.1) is 5.10 Å². The van der Waals surface area contributed by atoms with Crippen LogP contribution in [0.4, 0.5) is 5.69 Å². The van der Waals surface area contributed by atoms with Crippen LogP contribution in [0.1, 0.15) is 18.9 Å². The van der Waals surface area contributed by atoms with Gasteiger partial charge in [-0.2, -0.15) is 5.10 Å². The first kappa shape index (κ1) is 16.0. The summed E-state index contributed by atoms with van der Waals surface area (Å²) in [5.41, 5.74) is 5.93. The van der Waals surface area contributed by atoms with Crippen molar-refractivity contribution in [3.63, 3.8) is 0 Å². The molecule has 7 nitrogen and oxygen atoms in total. The molecular formula is C12H16N4O3S. The van der Waals surface area contributed by atoms with E-state index in [-0.39, 0.29) is 11.4 Å². The Bertz CT molecular complexity index is 531. The third-order valence-electron chi connectivity index (χ3n) is 2.21. The summed E-state index contributed by atoms with van der Waals surface area (Å²) in [5, 5.41) is 18.8. The van der Waals surface area contributed by atoms with E-state index in [0.29, 0.717) is 17.3 Å². The fourth-order valence-electron chi connectivity index (χ4n) is 1.28. The highest BCUT2D eigenvalue weighted by Crippen LogP contribution is 2.27. The third kappa shape index (κ3) is 4.88. The summed E-state index contributed by atoms with van der Waals surface area (Å²) in [6.45, 7) is 2.36. The van der Waals surface area contributed by atoms with E-state index in [1.807, 2.05) is 6.92 Å². The lowest BCUT2D eigenvalue weighted by Crippen LogP contribution is -2.04. The summed E-state index contributed by atoms with van der Waals surface area (Å²) < 4.78 is 5.33. The van der Waals surface area contributed by atoms with Crippen LogP contribution in [0.15, 0.2) is 28.4 Å². The Morgan fingerprint density at radius 3 is 2.95 bits per heavy atom. The molecule has 0 amide bonds. The van der Waals surface area contributed by atoms with Crippen molar-refractivity contribution >= 4 is 28.8 Å². The van der Waals surface area contributed by atoms with Gasteiger partial charge >= 0.3 is 5.69 Å². The van der Waals surface area contributed by atoms with Crippen LogP contribution >= 0.6 is 11.8 Å². The molecule has 0 fully saturated rings. The Hall–Kier alpha value is -2.09. The summed E-state index contributed by atoms with van der Waals surface area (Å²) >= 11 is 1.27. The largest absolute Gasteiger partial charge is 0.487 e. The van der Waals surface area contributed by atoms with Gasteiger partial charge < -0.3 is 10.5 Å². The van der Waals surface area contributed by atoms with E-state index < -0.39 is 4.92 Å². The number of nitrogens with zero attached hydrogens (tertiary/aromatic N) is 3. The summed E-state index contributed by atoms with van der Waals surface area (Å²) in [5.74, 6) is 0.251. The average molecular weight is 296 g/mol. The first-order chi connectivity index (χ1) is 9.58. The van der Waals surface area contributed by atoms with Crippen LogP contribution in [-0.2, 0) is 0 Å². The number of hydrogen-bond donors (Lipinski definition) is 1. The maximum Gasteiger partial charge on any atom is 0.311 e. The first-order valence-corrected chi connectivity index (χ1v) is 7.12. The molecule has 2 N–H and O–H groups in total. The molecule has 0 saturated heterocycles. The van der Waals surface area contributed by atoms with Crippen molar-refractivity contribution in [1.29, 1.82) is 0 Å². The van der Waals surface area contributed by atoms with Crippen LogP contribution in [0.25, 0.3) is 0 Å². The van der Waals surface area contributed by atoms with E-state index in [1.165, 1.54) is 24.0 Å². The van der Waals surface area contributed by atoms with Gasteiger partial charge in [-0.1, -0.05) is 18.7 Å². The summed E-state index contributed by atoms with van der Waals surface area (Å²) in [4.78, 5) is 10.5. The zero-order valence-corrected chi connectivity index (χ0v) is 12.1. The van der Waals surface area contributed by atoms with Crippen molar-refractivity contribution in [2.24, 2.45) is 15.9 Å². The topological polar surface area (TPSA) is 103 Å². The smallest absolute Gasteiger partial charge is 0.311 e. The summed E-state index contributed by atoms with van der Waals surface area (Å²) in [7, 11) is 0. The van der Waals surface area contributed by atoms with Gasteiger partial charge in [0.1, 0.15) is 0 Å². The van der Waals surface area contributed by atoms with Crippen molar-refractivity contribution in [1.82, 2.24) is 0 Å². The molecule has 0 aliphatic carbocycles. The monoisotopic (exact) mass is 296 g/mol. The molecule has 1 aromatic rings. The molecule has 0 aliphatic heterocycles. The molecule has 108 valence electrons. The molecule has 0 spiro atoms. The van der Waals surface area contributed by atoms with Gasteiger partial charge in [-0.25, -0.2) is 0 Å². The number of rotatable bonds is 6. The number of benzene rings is 1. The molecule has 0 aliphatic rings. The number of hydrogen-bond acceptors (Lipinski definition) is 6. The Morgan fingerprint density at radius 1 is 1.60 bits per heavy atom. The lowest BCUT2D eigenvalue weighted by Gasteiger charge is -2.05. The molecule has 1 aromatic carbocycles. The minimum absolute atomic E-state index is 0.0933. The molecular weight excluding hydrogens is 280 g/mol. The molecule has 8 heteroatoms. The quantitative estimate of drug-likeness (QED) is 0.376. The molecule has 20 heavy (non-hydrogen) atoms. The van der Waals surface area contributed by atoms with Gasteiger partial charge in [-0.3, -0.25) is 10.1 Å². The van der Waals surface area contributed by atoms with Crippen LogP contribution in [0.5, 0.6) is 5.75 Å². The number of ether oxygens (including phenoxy) is 1. The zero-order chi connectivity index (χ0) is 15.0. The highest BCUT2D eigenvalue weighted by molar-refractivity contribution is 8.13. The fraction of sp³-hybridized carbons (Fsp3) is 0.333. The molecule has 0 aromatic heterocycles. The maximum atomic E-state index is 11.0. The molecule has 0 atom stereocenters. The first-order valence-electron chi connectivity index (χ1n) is 5.90. The van der Waals surface area contributed by atoms with Crippen molar-refractivity contribution in [2.45, 2.75) is 13.3 Å². The molecule has 0 bridgehead atoms. The van der Waals surface area contributed by atoms with E-state index in [4.69, 9.17) is 10.5 Å². The number of nitrogens with two attached hydrogens (primary N) is 1. The Balaban J connectivity index is 2.95. The molecule has 0 unspecified atom stereocenters. The van der Waals surface area contributed by atoms with Crippen molar-refractivity contribution < 1.29 is 9.66 Å². The van der Waals surface area contributed by atoms with Crippen molar-refractivity contribution in [2.75, 3.05) is 12.9 Å². The second-order valence-electron chi connectivity index (χ2n) is 3.72. The van der Waals surface area contributed by atoms with Gasteiger partial charge in [-0.05, 0) is 24.8 Å². The highest BCUT2D eigenvalue weighted by Gasteiger charge is 2.15. The average Bonchev–Trinajstić information content (AvgIpc) is 2.45. The Kier molecular flexibility index (Phi) is 6.51. The summed E-state index contributed by atoms with van der Waals surface area (Å²) in [6.07, 6.45) is 3.96. The number of thioether (sulfide) groups is 1. The molecule has 0 heterocycles. The second-order valence-corrected chi connectivity index (χ2v) is 4.55. The lowest BCUT2D eigenvalue weighted by molar-refractivity contribution is -0.385. The lowest BCUT2D eigenvalue weighted by atomic mass is 10.2. The minimum Gasteiger partial charge on any atom is -0.487 e. The van der Waals surface area contributed by atoms with Crippen LogP contribution in [0.2, 0.25) is 0 Å². The van der Waals surface area contributed by atoms with Crippen LogP contribution in [0, 0.1) is 10.1 Å². The van der Waals surface area contributed by atoms with Crippen LogP contribution in [-0.4, -0.2) is 29.2 Å². The zero-order valence-electron chi connectivity index (χ0n) is 11.3. The highest BCUT2D eigenvalue weighted by atomic mass is 32.2. The van der Waals surface area contributed by atoms with E-state index >= 15 is 0 Å². The third-order valence-corrected chi connectivity index (χ3v) is 2.71. The van der Waals surface area contributed by atoms with Gasteiger partial charge in [0.25, 0.3) is 0 Å². The van der Waals surface area contributed by atoms with Crippen LogP contribution in [0.3, 0.4) is 0 Å². The van der Waals surface area contributed by atoms with Gasteiger partial charge in [0, 0.05) is 11.6 Å². The SMILES string of the molecule is CCCOc1ccc(/C=N\N=C(/N)SC)cc1[N+](=O)[O-]. The Labute approximate surface area is 121 Å². The number of nitro benzene ring substituents is 1. The van der Waals surface area contributed by atoms with Crippen molar-refractivity contribution in [3.8, 4) is 5.75 Å². The molecule has 1 rings (SSSR count). The van der Waals surface area contributed by atoms with E-state index in [9.17, 15) is 10.1 Å². The van der Waals surface area contributed by atoms with Crippen molar-refractivity contribution in [3.05, 3.63) is 33.9 Å². The maximum absolute atomic E-state index is 11.0. The van der Waals surface area contributed by atoms with E-state index in [2.05, 4.69) is 10.2 Å². The predicted molar refractivity (Wildman–Crippen MR) is 81.6 cm³/mol. The Morgan fingerprint density at radius 2 is 2.35 bits per heavy atom. The fourth-order valence-corrected chi connectivity index (χ4v) is 1.41. The molecule has 0 saturated carbocycles. The normalized spacial score (nSPS) is 11.8. The number of nitro groups is 1. The van der Waals surface area contributed by atoms with E-state index in [1.54, 1.807) is 18.4 Å². The summed E-state index contributed by atoms with van der Waals surface area (Å²) in [6, 6.07) is 4.61. The van der Waals surface area contributed by atoms with Gasteiger partial charge in [0.05, 0.1) is 17.7 Å². The van der Waals surface area contributed by atoms with Crippen LogP contribution < -0.4 is 10.5 Å². The van der Waals surface area contributed by atoms with E-state index in [0.717, 1.165) is 6.42 Å².